The van der Waals surface area contributed by atoms with Crippen LogP contribution < -0.4 is 14.5 Å². The van der Waals surface area contributed by atoms with Gasteiger partial charge in [0.15, 0.2) is 5.82 Å². The Hall–Kier alpha value is -3.61. The number of piperidine rings is 1. The van der Waals surface area contributed by atoms with Gasteiger partial charge in [0.25, 0.3) is 5.88 Å². The molecule has 3 aromatic rings. The molecule has 1 atom stereocenters. The third-order valence-corrected chi connectivity index (χ3v) is 6.39. The van der Waals surface area contributed by atoms with E-state index in [-0.39, 0.29) is 11.8 Å². The van der Waals surface area contributed by atoms with Crippen molar-refractivity contribution in [2.24, 2.45) is 5.92 Å². The highest BCUT2D eigenvalue weighted by molar-refractivity contribution is 5.80. The molecule has 0 N–H and O–H groups in total. The molecule has 7 nitrogen and oxygen atoms in total. The molecule has 33 heavy (non-hydrogen) atoms. The van der Waals surface area contributed by atoms with Gasteiger partial charge in [-0.3, -0.25) is 4.79 Å². The number of amides is 1. The molecule has 1 unspecified atom stereocenters. The van der Waals surface area contributed by atoms with Gasteiger partial charge in [-0.1, -0.05) is 36.4 Å². The lowest BCUT2D eigenvalue weighted by molar-refractivity contribution is -0.136. The predicted molar refractivity (Wildman–Crippen MR) is 129 cm³/mol. The largest absolute Gasteiger partial charge is 0.436 e. The average Bonchev–Trinajstić information content (AvgIpc) is 2.90. The Morgan fingerprint density at radius 3 is 2.27 bits per heavy atom. The zero-order chi connectivity index (χ0) is 22.5. The van der Waals surface area contributed by atoms with Crippen LogP contribution in [-0.2, 0) is 4.79 Å². The molecule has 2 saturated heterocycles. The minimum atomic E-state index is -0.0337. The van der Waals surface area contributed by atoms with Gasteiger partial charge in [-0.15, -0.1) is 0 Å². The Kier molecular flexibility index (Phi) is 6.37. The first kappa shape index (κ1) is 21.2. The summed E-state index contributed by atoms with van der Waals surface area (Å²) in [6.07, 6.45) is 5.17. The topological polar surface area (TPSA) is 61.8 Å². The van der Waals surface area contributed by atoms with Crippen molar-refractivity contribution in [3.8, 4) is 11.6 Å². The minimum Gasteiger partial charge on any atom is -0.436 e. The zero-order valence-corrected chi connectivity index (χ0v) is 18.7. The van der Waals surface area contributed by atoms with Crippen LogP contribution in [0.3, 0.4) is 0 Å². The van der Waals surface area contributed by atoms with Crippen molar-refractivity contribution in [3.05, 3.63) is 73.1 Å². The Bertz CT molecular complexity index is 1050. The highest BCUT2D eigenvalue weighted by Gasteiger charge is 2.32. The first-order valence-electron chi connectivity index (χ1n) is 11.7. The Labute approximate surface area is 194 Å². The molecule has 0 radical (unpaired) electrons. The molecule has 0 saturated carbocycles. The molecule has 1 aromatic heterocycles. The molecule has 7 heteroatoms. The first-order valence-corrected chi connectivity index (χ1v) is 11.7. The predicted octanol–water partition coefficient (Wildman–Crippen LogP) is 3.83. The van der Waals surface area contributed by atoms with E-state index < -0.39 is 0 Å². The second-order valence-corrected chi connectivity index (χ2v) is 8.53. The number of ether oxygens (including phenoxy) is 1. The van der Waals surface area contributed by atoms with Crippen LogP contribution in [0, 0.1) is 5.92 Å². The standard InChI is InChI=1S/C26H29N5O2/c32-26(30-18-16-29(17-19-30)22-9-3-1-4-10-22)21-8-7-15-31(20-21)24-25(28-14-13-27-24)33-23-11-5-2-6-12-23/h1-6,9-14,21H,7-8,15-20H2. The average molecular weight is 444 g/mol. The SMILES string of the molecule is O=C(C1CCCN(c2nccnc2Oc2ccccc2)C1)N1CCN(c2ccccc2)CC1. The number of anilines is 2. The van der Waals surface area contributed by atoms with Crippen molar-refractivity contribution in [1.82, 2.24) is 14.9 Å². The van der Waals surface area contributed by atoms with Crippen LogP contribution in [0.2, 0.25) is 0 Å². The highest BCUT2D eigenvalue weighted by Crippen LogP contribution is 2.31. The lowest BCUT2D eigenvalue weighted by Crippen LogP contribution is -2.52. The molecular formula is C26H29N5O2. The summed E-state index contributed by atoms with van der Waals surface area (Å²) in [7, 11) is 0. The van der Waals surface area contributed by atoms with Crippen molar-refractivity contribution in [1.29, 1.82) is 0 Å². The Morgan fingerprint density at radius 1 is 0.818 bits per heavy atom. The van der Waals surface area contributed by atoms with E-state index in [0.29, 0.717) is 18.2 Å². The van der Waals surface area contributed by atoms with Crippen LogP contribution in [0.25, 0.3) is 0 Å². The summed E-state index contributed by atoms with van der Waals surface area (Å²) in [6, 6.07) is 20.0. The fraction of sp³-hybridized carbons (Fsp3) is 0.346. The van der Waals surface area contributed by atoms with Gasteiger partial charge < -0.3 is 19.4 Å². The lowest BCUT2D eigenvalue weighted by atomic mass is 9.96. The second-order valence-electron chi connectivity index (χ2n) is 8.53. The van der Waals surface area contributed by atoms with Crippen molar-refractivity contribution in [3.63, 3.8) is 0 Å². The van der Waals surface area contributed by atoms with E-state index in [2.05, 4.69) is 44.0 Å². The summed E-state index contributed by atoms with van der Waals surface area (Å²) >= 11 is 0. The summed E-state index contributed by atoms with van der Waals surface area (Å²) in [5.74, 6) is 2.12. The fourth-order valence-electron chi connectivity index (χ4n) is 4.66. The van der Waals surface area contributed by atoms with Gasteiger partial charge in [-0.2, -0.15) is 0 Å². The summed E-state index contributed by atoms with van der Waals surface area (Å²) in [5.41, 5.74) is 1.22. The molecule has 0 bridgehead atoms. The number of carbonyl (C=O) groups excluding carboxylic acids is 1. The maximum Gasteiger partial charge on any atom is 0.263 e. The van der Waals surface area contributed by atoms with Gasteiger partial charge in [0, 0.05) is 57.3 Å². The third-order valence-electron chi connectivity index (χ3n) is 6.39. The second kappa shape index (κ2) is 9.90. The fourth-order valence-corrected chi connectivity index (χ4v) is 4.66. The van der Waals surface area contributed by atoms with Gasteiger partial charge in [0.05, 0.1) is 5.92 Å². The molecule has 2 aliphatic rings. The van der Waals surface area contributed by atoms with Gasteiger partial charge in [0.1, 0.15) is 5.75 Å². The smallest absolute Gasteiger partial charge is 0.263 e. The van der Waals surface area contributed by atoms with Crippen molar-refractivity contribution in [2.75, 3.05) is 49.1 Å². The number of aromatic nitrogens is 2. The number of hydrogen-bond acceptors (Lipinski definition) is 6. The number of hydrogen-bond donors (Lipinski definition) is 0. The monoisotopic (exact) mass is 443 g/mol. The van der Waals surface area contributed by atoms with Crippen LogP contribution in [0.5, 0.6) is 11.6 Å². The number of rotatable bonds is 5. The number of para-hydroxylation sites is 2. The normalized spacial score (nSPS) is 18.8. The Morgan fingerprint density at radius 2 is 1.52 bits per heavy atom. The van der Waals surface area contributed by atoms with Gasteiger partial charge in [-0.05, 0) is 37.1 Å². The molecular weight excluding hydrogens is 414 g/mol. The molecule has 3 heterocycles. The van der Waals surface area contributed by atoms with Gasteiger partial charge >= 0.3 is 0 Å². The molecule has 2 fully saturated rings. The highest BCUT2D eigenvalue weighted by atomic mass is 16.5. The van der Waals surface area contributed by atoms with Crippen molar-refractivity contribution in [2.45, 2.75) is 12.8 Å². The van der Waals surface area contributed by atoms with Crippen LogP contribution in [0.4, 0.5) is 11.5 Å². The number of piperazine rings is 1. The Balaban J connectivity index is 1.23. The van der Waals surface area contributed by atoms with E-state index in [0.717, 1.165) is 51.3 Å². The molecule has 2 aromatic carbocycles. The summed E-state index contributed by atoms with van der Waals surface area (Å²) < 4.78 is 6.01. The van der Waals surface area contributed by atoms with E-state index in [1.54, 1.807) is 12.4 Å². The number of nitrogens with zero attached hydrogens (tertiary/aromatic N) is 5. The summed E-state index contributed by atoms with van der Waals surface area (Å²) in [4.78, 5) is 28.9. The minimum absolute atomic E-state index is 0.0337. The van der Waals surface area contributed by atoms with E-state index in [9.17, 15) is 4.79 Å². The molecule has 0 spiro atoms. The molecule has 0 aliphatic carbocycles. The lowest BCUT2D eigenvalue weighted by Gasteiger charge is -2.40. The van der Waals surface area contributed by atoms with Crippen molar-refractivity contribution >= 4 is 17.4 Å². The van der Waals surface area contributed by atoms with Crippen LogP contribution in [-0.4, -0.2) is 60.0 Å². The number of carbonyl (C=O) groups is 1. The summed E-state index contributed by atoms with van der Waals surface area (Å²) in [6.45, 7) is 4.74. The van der Waals surface area contributed by atoms with E-state index in [1.165, 1.54) is 5.69 Å². The zero-order valence-electron chi connectivity index (χ0n) is 18.7. The molecule has 5 rings (SSSR count). The van der Waals surface area contributed by atoms with E-state index in [1.807, 2.05) is 41.3 Å². The maximum atomic E-state index is 13.4. The summed E-state index contributed by atoms with van der Waals surface area (Å²) in [5, 5.41) is 0. The molecule has 170 valence electrons. The van der Waals surface area contributed by atoms with Gasteiger partial charge in [0.2, 0.25) is 5.91 Å². The molecule has 1 amide bonds. The van der Waals surface area contributed by atoms with E-state index in [4.69, 9.17) is 4.74 Å². The molecule has 2 aliphatic heterocycles. The third kappa shape index (κ3) is 4.92. The van der Waals surface area contributed by atoms with E-state index >= 15 is 0 Å². The van der Waals surface area contributed by atoms with Crippen LogP contribution in [0.15, 0.2) is 73.1 Å². The quantitative estimate of drug-likeness (QED) is 0.597. The van der Waals surface area contributed by atoms with Crippen LogP contribution >= 0.6 is 0 Å². The maximum absolute atomic E-state index is 13.4. The van der Waals surface area contributed by atoms with Gasteiger partial charge in [-0.25, -0.2) is 9.97 Å². The first-order chi connectivity index (χ1) is 16.3. The van der Waals surface area contributed by atoms with Crippen LogP contribution in [0.1, 0.15) is 12.8 Å². The van der Waals surface area contributed by atoms with Crippen molar-refractivity contribution < 1.29 is 9.53 Å². The number of benzene rings is 2.